The highest BCUT2D eigenvalue weighted by Crippen LogP contribution is 2.29. The molecule has 7 nitrogen and oxygen atoms in total. The number of carboxylic acid groups (broad SMARTS) is 1. The van der Waals surface area contributed by atoms with Gasteiger partial charge >= 0.3 is 12.1 Å². The molecule has 1 heterocycles. The Morgan fingerprint density at radius 1 is 1.14 bits per heavy atom. The van der Waals surface area contributed by atoms with Crippen molar-refractivity contribution in [3.63, 3.8) is 0 Å². The van der Waals surface area contributed by atoms with Crippen molar-refractivity contribution in [3.05, 3.63) is 28.8 Å². The van der Waals surface area contributed by atoms with Crippen molar-refractivity contribution < 1.29 is 37.7 Å². The van der Waals surface area contributed by atoms with Crippen LogP contribution < -0.4 is 10.1 Å². The molecule has 1 amide bonds. The fraction of sp³-hybridized carbons (Fsp3) is 0.680. The van der Waals surface area contributed by atoms with Crippen LogP contribution in [-0.2, 0) is 9.59 Å². The lowest BCUT2D eigenvalue weighted by atomic mass is 10.0. The molecule has 1 saturated heterocycles. The Morgan fingerprint density at radius 3 is 2.25 bits per heavy atom. The molecule has 36 heavy (non-hydrogen) atoms. The summed E-state index contributed by atoms with van der Waals surface area (Å²) in [5.41, 5.74) is 0.694. The quantitative estimate of drug-likeness (QED) is 0.293. The van der Waals surface area contributed by atoms with Gasteiger partial charge in [-0.25, -0.2) is 4.79 Å². The predicted molar refractivity (Wildman–Crippen MR) is 132 cm³/mol. The maximum Gasteiger partial charge on any atom is 0.490 e. The second-order valence-electron chi connectivity index (χ2n) is 8.84. The Hall–Kier alpha value is -2.04. The number of alkyl halides is 3. The molecular weight excluding hydrogens is 501 g/mol. The average molecular weight is 539 g/mol. The van der Waals surface area contributed by atoms with E-state index in [0.717, 1.165) is 25.9 Å². The van der Waals surface area contributed by atoms with Crippen LogP contribution in [0.2, 0.25) is 5.02 Å². The summed E-state index contributed by atoms with van der Waals surface area (Å²) in [5.74, 6) is -2.17. The number of ether oxygens (including phenoxy) is 1. The average Bonchev–Trinajstić information content (AvgIpc) is 3.33. The lowest BCUT2D eigenvalue weighted by Crippen LogP contribution is -2.46. The van der Waals surface area contributed by atoms with Gasteiger partial charge in [0.25, 0.3) is 0 Å². The van der Waals surface area contributed by atoms with Crippen molar-refractivity contribution in [1.82, 2.24) is 10.2 Å². The van der Waals surface area contributed by atoms with E-state index in [1.807, 2.05) is 6.07 Å². The van der Waals surface area contributed by atoms with Gasteiger partial charge in [0.2, 0.25) is 5.91 Å². The largest absolute Gasteiger partial charge is 0.495 e. The number of benzene rings is 1. The van der Waals surface area contributed by atoms with Crippen LogP contribution in [-0.4, -0.2) is 66.0 Å². The molecule has 206 valence electrons. The van der Waals surface area contributed by atoms with Crippen molar-refractivity contribution in [2.24, 2.45) is 0 Å². The lowest BCUT2D eigenvalue weighted by Gasteiger charge is -2.29. The summed E-state index contributed by atoms with van der Waals surface area (Å²) < 4.78 is 36.9. The highest BCUT2D eigenvalue weighted by atomic mass is 35.5. The first kappa shape index (κ1) is 32.0. The normalized spacial score (nSPS) is 15.5. The van der Waals surface area contributed by atoms with Gasteiger partial charge in [0, 0.05) is 13.0 Å². The van der Waals surface area contributed by atoms with E-state index in [1.54, 1.807) is 19.2 Å². The Morgan fingerprint density at radius 2 is 1.72 bits per heavy atom. The summed E-state index contributed by atoms with van der Waals surface area (Å²) in [6, 6.07) is 4.94. The predicted octanol–water partition coefficient (Wildman–Crippen LogP) is 5.35. The van der Waals surface area contributed by atoms with E-state index < -0.39 is 18.2 Å². The number of nitrogens with one attached hydrogen (secondary N) is 1. The summed E-state index contributed by atoms with van der Waals surface area (Å²) in [7, 11) is 1.57. The highest BCUT2D eigenvalue weighted by molar-refractivity contribution is 6.32. The van der Waals surface area contributed by atoms with Crippen molar-refractivity contribution in [2.75, 3.05) is 26.7 Å². The number of aliphatic hydroxyl groups is 1. The fourth-order valence-electron chi connectivity index (χ4n) is 3.91. The third-order valence-electron chi connectivity index (χ3n) is 5.90. The number of carboxylic acids is 1. The van der Waals surface area contributed by atoms with E-state index >= 15 is 0 Å². The van der Waals surface area contributed by atoms with Crippen molar-refractivity contribution in [1.29, 1.82) is 0 Å². The minimum atomic E-state index is -5.08. The smallest absolute Gasteiger partial charge is 0.490 e. The topological polar surface area (TPSA) is 99.1 Å². The van der Waals surface area contributed by atoms with Crippen molar-refractivity contribution >= 4 is 23.5 Å². The molecule has 1 aromatic carbocycles. The Kier molecular flexibility index (Phi) is 14.8. The van der Waals surface area contributed by atoms with E-state index in [1.165, 1.54) is 38.5 Å². The van der Waals surface area contributed by atoms with E-state index in [9.17, 15) is 23.1 Å². The Balaban J connectivity index is 0.000000809. The van der Waals surface area contributed by atoms with Crippen LogP contribution in [0.4, 0.5) is 13.2 Å². The lowest BCUT2D eigenvalue weighted by molar-refractivity contribution is -0.192. The van der Waals surface area contributed by atoms with Crippen LogP contribution in [0.15, 0.2) is 18.2 Å². The van der Waals surface area contributed by atoms with Crippen molar-refractivity contribution in [2.45, 2.75) is 83.0 Å². The van der Waals surface area contributed by atoms with E-state index in [2.05, 4.69) is 17.1 Å². The van der Waals surface area contributed by atoms with Gasteiger partial charge in [-0.1, -0.05) is 56.7 Å². The molecule has 11 heteroatoms. The van der Waals surface area contributed by atoms with Crippen LogP contribution in [0.3, 0.4) is 0 Å². The first-order valence-corrected chi connectivity index (χ1v) is 12.7. The van der Waals surface area contributed by atoms with Gasteiger partial charge in [0.15, 0.2) is 0 Å². The van der Waals surface area contributed by atoms with Crippen LogP contribution in [0.25, 0.3) is 0 Å². The first-order valence-electron chi connectivity index (χ1n) is 12.3. The standard InChI is InChI=1S/C23H37ClN2O3.C2HF3O2/c1-3-4-5-6-7-8-11-22(27)25-20(17-26-14-9-10-15-26)23(28)18-12-13-21(29-2)19(24)16-18;3-2(4,5)1(6)7/h12-13,16,20,23,28H,3-11,14-15,17H2,1-2H3,(H,25,27);(H,6,7)/t20-,23-;/m1./s1. The number of rotatable bonds is 13. The van der Waals surface area contributed by atoms with Crippen molar-refractivity contribution in [3.8, 4) is 5.75 Å². The van der Waals surface area contributed by atoms with Gasteiger partial charge in [0.05, 0.1) is 18.2 Å². The number of hydrogen-bond acceptors (Lipinski definition) is 5. The third kappa shape index (κ3) is 12.3. The monoisotopic (exact) mass is 538 g/mol. The number of methoxy groups -OCH3 is 1. The molecule has 2 rings (SSSR count). The van der Waals surface area contributed by atoms with Gasteiger partial charge < -0.3 is 25.2 Å². The molecule has 1 aromatic rings. The van der Waals surface area contributed by atoms with Crippen LogP contribution in [0, 0.1) is 0 Å². The number of likely N-dealkylation sites (tertiary alicyclic amines) is 1. The number of aliphatic hydroxyl groups excluding tert-OH is 1. The fourth-order valence-corrected chi connectivity index (χ4v) is 4.18. The minimum Gasteiger partial charge on any atom is -0.495 e. The van der Waals surface area contributed by atoms with E-state index in [-0.39, 0.29) is 11.9 Å². The summed E-state index contributed by atoms with van der Waals surface area (Å²) in [5, 5.41) is 21.7. The molecule has 1 aliphatic heterocycles. The van der Waals surface area contributed by atoms with E-state index in [0.29, 0.717) is 29.3 Å². The number of hydrogen-bond donors (Lipinski definition) is 3. The SMILES string of the molecule is CCCCCCCCC(=O)N[C@H](CN1CCCC1)[C@H](O)c1ccc(OC)c(Cl)c1.O=C(O)C(F)(F)F. The molecule has 2 atom stereocenters. The number of carbonyl (C=O) groups excluding carboxylic acids is 1. The van der Waals surface area contributed by atoms with Gasteiger partial charge in [-0.3, -0.25) is 4.79 Å². The van der Waals surface area contributed by atoms with Gasteiger partial charge in [-0.2, -0.15) is 13.2 Å². The zero-order valence-corrected chi connectivity index (χ0v) is 21.7. The molecular formula is C25H38ClF3N2O5. The third-order valence-corrected chi connectivity index (χ3v) is 6.19. The van der Waals surface area contributed by atoms with Gasteiger partial charge in [-0.05, 0) is 50.0 Å². The van der Waals surface area contributed by atoms with Crippen LogP contribution in [0.1, 0.15) is 76.4 Å². The van der Waals surface area contributed by atoms with Crippen LogP contribution >= 0.6 is 11.6 Å². The van der Waals surface area contributed by atoms with E-state index in [4.69, 9.17) is 26.2 Å². The molecule has 0 saturated carbocycles. The molecule has 0 spiro atoms. The molecule has 3 N–H and O–H groups in total. The summed E-state index contributed by atoms with van der Waals surface area (Å²) in [6.07, 6.45) is 3.86. The molecule has 0 unspecified atom stereocenters. The number of nitrogens with zero attached hydrogens (tertiary/aromatic N) is 1. The highest BCUT2D eigenvalue weighted by Gasteiger charge is 2.38. The van der Waals surface area contributed by atoms with Gasteiger partial charge in [-0.15, -0.1) is 0 Å². The molecule has 0 radical (unpaired) electrons. The first-order chi connectivity index (χ1) is 17.0. The molecule has 0 aliphatic carbocycles. The second-order valence-corrected chi connectivity index (χ2v) is 9.25. The second kappa shape index (κ2) is 16.7. The zero-order valence-electron chi connectivity index (χ0n) is 21.0. The number of aliphatic carboxylic acids is 1. The zero-order chi connectivity index (χ0) is 27.1. The Labute approximate surface area is 215 Å². The summed E-state index contributed by atoms with van der Waals surface area (Å²) in [6.45, 7) is 4.88. The summed E-state index contributed by atoms with van der Waals surface area (Å²) in [4.78, 5) is 23.7. The van der Waals surface area contributed by atoms with Crippen LogP contribution in [0.5, 0.6) is 5.75 Å². The number of unbranched alkanes of at least 4 members (excludes halogenated alkanes) is 5. The Bertz CT molecular complexity index is 804. The minimum absolute atomic E-state index is 0.0170. The number of halogens is 4. The number of carbonyl (C=O) groups is 2. The number of amides is 1. The maximum atomic E-state index is 12.5. The molecule has 0 bridgehead atoms. The maximum absolute atomic E-state index is 12.5. The van der Waals surface area contributed by atoms with Gasteiger partial charge in [0.1, 0.15) is 11.9 Å². The molecule has 0 aromatic heterocycles. The summed E-state index contributed by atoms with van der Waals surface area (Å²) >= 11 is 6.24. The molecule has 1 fully saturated rings. The molecule has 1 aliphatic rings.